The molecule has 7 nitrogen and oxygen atoms in total. The van der Waals surface area contributed by atoms with Crippen LogP contribution in [-0.4, -0.2) is 58.4 Å². The van der Waals surface area contributed by atoms with Crippen molar-refractivity contribution in [3.05, 3.63) is 52.7 Å². The van der Waals surface area contributed by atoms with E-state index in [4.69, 9.17) is 4.74 Å². The number of thiophene rings is 1. The van der Waals surface area contributed by atoms with Gasteiger partial charge in [0.25, 0.3) is 11.8 Å². The minimum Gasteiger partial charge on any atom is -0.456 e. The minimum absolute atomic E-state index is 0.0178. The molecule has 0 unspecified atom stereocenters. The Hall–Kier alpha value is -3.39. The molecule has 0 aliphatic carbocycles. The van der Waals surface area contributed by atoms with Crippen LogP contribution in [0.4, 0.5) is 0 Å². The Morgan fingerprint density at radius 3 is 2.71 bits per heavy atom. The first-order valence-corrected chi connectivity index (χ1v) is 12.2. The maximum absolute atomic E-state index is 13.0. The SMILES string of the molecule is Cc1c(C(=O)N(C)C)c2ccc(Oc3ccnc4cc(C(=O)N5CC[C@@H](C)C5)sc34)cc2n1C. The largest absolute Gasteiger partial charge is 0.456 e. The van der Waals surface area contributed by atoms with Crippen molar-refractivity contribution in [2.75, 3.05) is 27.2 Å². The van der Waals surface area contributed by atoms with Crippen molar-refractivity contribution in [2.45, 2.75) is 20.3 Å². The number of rotatable bonds is 4. The number of amides is 2. The molecule has 1 saturated heterocycles. The summed E-state index contributed by atoms with van der Waals surface area (Å²) < 4.78 is 9.15. The van der Waals surface area contributed by atoms with E-state index < -0.39 is 0 Å². The fourth-order valence-electron chi connectivity index (χ4n) is 4.60. The maximum Gasteiger partial charge on any atom is 0.264 e. The summed E-state index contributed by atoms with van der Waals surface area (Å²) in [6.45, 7) is 5.74. The van der Waals surface area contributed by atoms with E-state index in [2.05, 4.69) is 11.9 Å². The van der Waals surface area contributed by atoms with Crippen LogP contribution >= 0.6 is 11.3 Å². The molecule has 176 valence electrons. The van der Waals surface area contributed by atoms with Gasteiger partial charge in [0.05, 0.1) is 26.2 Å². The van der Waals surface area contributed by atoms with E-state index in [1.807, 2.05) is 53.8 Å². The Bertz CT molecular complexity index is 1440. The molecule has 0 bridgehead atoms. The van der Waals surface area contributed by atoms with E-state index in [9.17, 15) is 9.59 Å². The van der Waals surface area contributed by atoms with Crippen LogP contribution < -0.4 is 4.74 Å². The first kappa shape index (κ1) is 22.4. The Kier molecular flexibility index (Phi) is 5.56. The van der Waals surface area contributed by atoms with E-state index >= 15 is 0 Å². The second-order valence-electron chi connectivity index (χ2n) is 9.28. The predicted molar refractivity (Wildman–Crippen MR) is 135 cm³/mol. The predicted octanol–water partition coefficient (Wildman–Crippen LogP) is 5.07. The number of likely N-dealkylation sites (tertiary alicyclic amines) is 1. The van der Waals surface area contributed by atoms with Gasteiger partial charge in [0, 0.05) is 63.6 Å². The number of carbonyl (C=O) groups is 2. The van der Waals surface area contributed by atoms with E-state index in [0.29, 0.717) is 27.9 Å². The number of hydrogen-bond acceptors (Lipinski definition) is 5. The van der Waals surface area contributed by atoms with E-state index in [0.717, 1.165) is 46.3 Å². The van der Waals surface area contributed by atoms with Gasteiger partial charge in [-0.15, -0.1) is 11.3 Å². The summed E-state index contributed by atoms with van der Waals surface area (Å²) in [5.74, 6) is 1.92. The normalized spacial score (nSPS) is 15.9. The van der Waals surface area contributed by atoms with Gasteiger partial charge in [-0.1, -0.05) is 6.92 Å². The summed E-state index contributed by atoms with van der Waals surface area (Å²) in [4.78, 5) is 34.4. The van der Waals surface area contributed by atoms with Crippen LogP contribution in [0.1, 0.15) is 39.1 Å². The van der Waals surface area contributed by atoms with Crippen LogP contribution in [0.25, 0.3) is 21.1 Å². The number of benzene rings is 1. The van der Waals surface area contributed by atoms with Crippen molar-refractivity contribution in [1.82, 2.24) is 19.4 Å². The van der Waals surface area contributed by atoms with Gasteiger partial charge in [0.15, 0.2) is 0 Å². The molecule has 0 spiro atoms. The number of carbonyl (C=O) groups excluding carboxylic acids is 2. The highest BCUT2D eigenvalue weighted by Gasteiger charge is 2.26. The summed E-state index contributed by atoms with van der Waals surface area (Å²) in [5.41, 5.74) is 3.30. The average molecular weight is 477 g/mol. The van der Waals surface area contributed by atoms with Crippen LogP contribution in [0.3, 0.4) is 0 Å². The van der Waals surface area contributed by atoms with Crippen molar-refractivity contribution in [1.29, 1.82) is 0 Å². The third kappa shape index (κ3) is 3.72. The Balaban J connectivity index is 1.49. The van der Waals surface area contributed by atoms with Crippen molar-refractivity contribution >= 4 is 44.3 Å². The second-order valence-corrected chi connectivity index (χ2v) is 10.3. The highest BCUT2D eigenvalue weighted by molar-refractivity contribution is 7.21. The van der Waals surface area contributed by atoms with Gasteiger partial charge in [-0.3, -0.25) is 14.6 Å². The summed E-state index contributed by atoms with van der Waals surface area (Å²) in [7, 11) is 5.48. The lowest BCUT2D eigenvalue weighted by molar-refractivity contribution is 0.0791. The minimum atomic E-state index is -0.0178. The quantitative estimate of drug-likeness (QED) is 0.412. The Labute approximate surface area is 202 Å². The summed E-state index contributed by atoms with van der Waals surface area (Å²) in [6.07, 6.45) is 2.75. The Morgan fingerprint density at radius 2 is 2.00 bits per heavy atom. The molecule has 34 heavy (non-hydrogen) atoms. The Morgan fingerprint density at radius 1 is 1.21 bits per heavy atom. The molecular weight excluding hydrogens is 448 g/mol. The van der Waals surface area contributed by atoms with Gasteiger partial charge >= 0.3 is 0 Å². The number of fused-ring (bicyclic) bond motifs is 2. The van der Waals surface area contributed by atoms with Gasteiger partial charge in [-0.05, 0) is 37.5 Å². The monoisotopic (exact) mass is 476 g/mol. The molecule has 4 aromatic rings. The third-order valence-electron chi connectivity index (χ3n) is 6.61. The molecule has 5 rings (SSSR count). The molecule has 0 saturated carbocycles. The molecule has 4 heterocycles. The maximum atomic E-state index is 13.0. The molecule has 2 amide bonds. The molecule has 1 aromatic carbocycles. The number of pyridine rings is 1. The van der Waals surface area contributed by atoms with Gasteiger partial charge in [0.2, 0.25) is 0 Å². The van der Waals surface area contributed by atoms with Crippen molar-refractivity contribution in [3.8, 4) is 11.5 Å². The topological polar surface area (TPSA) is 67.7 Å². The summed E-state index contributed by atoms with van der Waals surface area (Å²) in [6, 6.07) is 9.45. The fraction of sp³-hybridized carbons (Fsp3) is 0.346. The molecule has 0 radical (unpaired) electrons. The lowest BCUT2D eigenvalue weighted by Gasteiger charge is -2.14. The molecule has 1 atom stereocenters. The van der Waals surface area contributed by atoms with Crippen molar-refractivity contribution in [2.24, 2.45) is 13.0 Å². The lowest BCUT2D eigenvalue weighted by atomic mass is 10.1. The standard InChI is InChI=1S/C26H28N4O3S/c1-15-9-11-30(14-15)25(31)22-13-19-24(34-22)21(8-10-27-19)33-17-6-7-18-20(12-17)29(5)16(2)23(18)26(32)28(3)4/h6-8,10,12-13,15H,9,11,14H2,1-5H3/t15-/m1/s1. The number of nitrogens with zero attached hydrogens (tertiary/aromatic N) is 4. The molecule has 0 N–H and O–H groups in total. The van der Waals surface area contributed by atoms with E-state index in [1.54, 1.807) is 25.2 Å². The van der Waals surface area contributed by atoms with Gasteiger partial charge < -0.3 is 19.1 Å². The van der Waals surface area contributed by atoms with Gasteiger partial charge in [-0.2, -0.15) is 0 Å². The third-order valence-corrected chi connectivity index (χ3v) is 7.74. The lowest BCUT2D eigenvalue weighted by Crippen LogP contribution is -2.27. The van der Waals surface area contributed by atoms with E-state index in [1.165, 1.54) is 11.3 Å². The molecule has 8 heteroatoms. The van der Waals surface area contributed by atoms with Crippen LogP contribution in [0.15, 0.2) is 36.5 Å². The zero-order chi connectivity index (χ0) is 24.1. The van der Waals surface area contributed by atoms with Crippen LogP contribution in [0, 0.1) is 12.8 Å². The highest BCUT2D eigenvalue weighted by Crippen LogP contribution is 2.37. The smallest absolute Gasteiger partial charge is 0.264 e. The fourth-order valence-corrected chi connectivity index (χ4v) is 5.64. The molecule has 1 fully saturated rings. The van der Waals surface area contributed by atoms with Gasteiger partial charge in [0.1, 0.15) is 11.5 Å². The first-order chi connectivity index (χ1) is 16.2. The summed E-state index contributed by atoms with van der Waals surface area (Å²) in [5, 5.41) is 0.898. The van der Waals surface area contributed by atoms with E-state index in [-0.39, 0.29) is 11.8 Å². The zero-order valence-corrected chi connectivity index (χ0v) is 20.9. The first-order valence-electron chi connectivity index (χ1n) is 11.4. The second kappa shape index (κ2) is 8.43. The molecular formula is C26H28N4O3S. The number of aromatic nitrogens is 2. The number of hydrogen-bond donors (Lipinski definition) is 0. The van der Waals surface area contributed by atoms with Crippen molar-refractivity contribution < 1.29 is 14.3 Å². The van der Waals surface area contributed by atoms with Crippen LogP contribution in [0.5, 0.6) is 11.5 Å². The number of aryl methyl sites for hydroxylation is 1. The van der Waals surface area contributed by atoms with Crippen molar-refractivity contribution in [3.63, 3.8) is 0 Å². The molecule has 3 aromatic heterocycles. The van der Waals surface area contributed by atoms with Crippen LogP contribution in [0.2, 0.25) is 0 Å². The average Bonchev–Trinajstić information content (AvgIpc) is 3.51. The summed E-state index contributed by atoms with van der Waals surface area (Å²) >= 11 is 1.43. The highest BCUT2D eigenvalue weighted by atomic mass is 32.1. The molecule has 1 aliphatic heterocycles. The number of ether oxygens (including phenoxy) is 1. The zero-order valence-electron chi connectivity index (χ0n) is 20.1. The van der Waals surface area contributed by atoms with Crippen LogP contribution in [-0.2, 0) is 7.05 Å². The molecule has 1 aliphatic rings. The van der Waals surface area contributed by atoms with Gasteiger partial charge in [-0.25, -0.2) is 0 Å².